The molecule has 0 bridgehead atoms. The number of fused-ring (bicyclic) bond motifs is 1. The summed E-state index contributed by atoms with van der Waals surface area (Å²) in [5.74, 6) is -1.52. The second-order valence-corrected chi connectivity index (χ2v) is 13.4. The van der Waals surface area contributed by atoms with Gasteiger partial charge in [-0.15, -0.1) is 0 Å². The van der Waals surface area contributed by atoms with Crippen LogP contribution in [0.4, 0.5) is 9.18 Å². The van der Waals surface area contributed by atoms with Gasteiger partial charge < -0.3 is 33.8 Å². The van der Waals surface area contributed by atoms with Gasteiger partial charge in [0, 0.05) is 46.4 Å². The van der Waals surface area contributed by atoms with E-state index in [1.54, 1.807) is 33.6 Å². The van der Waals surface area contributed by atoms with Crippen LogP contribution in [-0.2, 0) is 20.8 Å². The Labute approximate surface area is 259 Å². The molecule has 2 aromatic rings. The number of halogens is 1. The smallest absolute Gasteiger partial charge is 0.407 e. The molecule has 0 radical (unpaired) electrons. The van der Waals surface area contributed by atoms with Crippen LogP contribution < -0.4 is 0 Å². The molecule has 3 amide bonds. The Balaban J connectivity index is 1.80. The Morgan fingerprint density at radius 2 is 1.89 bits per heavy atom. The third-order valence-corrected chi connectivity index (χ3v) is 8.57. The first-order valence-electron chi connectivity index (χ1n) is 15.7. The SMILES string of the molecule is COCCCCn1c(C(=O)N(CC(C)C)[C@H]2C[C@@H](C(=O)N3CCOCC3)CN(C(=O)O)C2C(C)(C)C)nc2c(F)cccc21. The third kappa shape index (κ3) is 7.34. The van der Waals surface area contributed by atoms with Crippen molar-refractivity contribution >= 4 is 28.9 Å². The lowest BCUT2D eigenvalue weighted by atomic mass is 9.74. The van der Waals surface area contributed by atoms with Gasteiger partial charge in [0.1, 0.15) is 5.52 Å². The summed E-state index contributed by atoms with van der Waals surface area (Å²) in [5.41, 5.74) is 0.0900. The van der Waals surface area contributed by atoms with E-state index in [4.69, 9.17) is 9.47 Å². The lowest BCUT2D eigenvalue weighted by Crippen LogP contribution is -2.66. The second kappa shape index (κ2) is 14.2. The fourth-order valence-electron chi connectivity index (χ4n) is 6.72. The Bertz CT molecular complexity index is 1320. The third-order valence-electron chi connectivity index (χ3n) is 8.57. The van der Waals surface area contributed by atoms with Crippen molar-refractivity contribution in [1.29, 1.82) is 0 Å². The number of aromatic nitrogens is 2. The molecule has 11 nitrogen and oxygen atoms in total. The van der Waals surface area contributed by atoms with Gasteiger partial charge in [0.25, 0.3) is 5.91 Å². The minimum absolute atomic E-state index is 0.0319. The maximum Gasteiger partial charge on any atom is 0.407 e. The highest BCUT2D eigenvalue weighted by atomic mass is 19.1. The normalized spacial score (nSPS) is 21.2. The van der Waals surface area contributed by atoms with Crippen LogP contribution in [0.2, 0.25) is 0 Å². The Kier molecular flexibility index (Phi) is 10.9. The van der Waals surface area contributed by atoms with Gasteiger partial charge in [-0.25, -0.2) is 14.2 Å². The number of unbranched alkanes of at least 4 members (excludes halogenated alkanes) is 1. The van der Waals surface area contributed by atoms with E-state index in [9.17, 15) is 23.9 Å². The molecule has 44 heavy (non-hydrogen) atoms. The van der Waals surface area contributed by atoms with E-state index in [2.05, 4.69) is 4.98 Å². The zero-order chi connectivity index (χ0) is 32.2. The summed E-state index contributed by atoms with van der Waals surface area (Å²) < 4.78 is 27.4. The molecule has 2 aliphatic heterocycles. The molecule has 0 saturated carbocycles. The second-order valence-electron chi connectivity index (χ2n) is 13.4. The molecule has 1 aromatic carbocycles. The number of rotatable bonds is 10. The molecule has 244 valence electrons. The number of morpholine rings is 1. The maximum atomic E-state index is 15.0. The predicted octanol–water partition coefficient (Wildman–Crippen LogP) is 4.34. The first-order valence-corrected chi connectivity index (χ1v) is 15.7. The van der Waals surface area contributed by atoms with Gasteiger partial charge in [0.2, 0.25) is 5.91 Å². The number of para-hydroxylation sites is 1. The maximum absolute atomic E-state index is 15.0. The number of likely N-dealkylation sites (tertiary alicyclic amines) is 1. The lowest BCUT2D eigenvalue weighted by molar-refractivity contribution is -0.144. The monoisotopic (exact) mass is 617 g/mol. The van der Waals surface area contributed by atoms with Crippen LogP contribution in [0.5, 0.6) is 0 Å². The number of nitrogens with zero attached hydrogens (tertiary/aromatic N) is 5. The number of imidazole rings is 1. The fourth-order valence-corrected chi connectivity index (χ4v) is 6.72. The van der Waals surface area contributed by atoms with Crippen LogP contribution in [-0.4, -0.2) is 112 Å². The molecule has 2 saturated heterocycles. The van der Waals surface area contributed by atoms with Gasteiger partial charge in [-0.05, 0) is 42.7 Å². The molecule has 1 unspecified atom stereocenters. The van der Waals surface area contributed by atoms with Crippen molar-refractivity contribution in [1.82, 2.24) is 24.3 Å². The number of ether oxygens (including phenoxy) is 2. The minimum atomic E-state index is -1.13. The van der Waals surface area contributed by atoms with Gasteiger partial charge in [0.15, 0.2) is 11.6 Å². The van der Waals surface area contributed by atoms with Crippen LogP contribution in [0.25, 0.3) is 11.0 Å². The summed E-state index contributed by atoms with van der Waals surface area (Å²) in [4.78, 5) is 50.6. The molecular formula is C32H48FN5O6. The van der Waals surface area contributed by atoms with Gasteiger partial charge >= 0.3 is 6.09 Å². The molecule has 0 spiro atoms. The predicted molar refractivity (Wildman–Crippen MR) is 164 cm³/mol. The first kappa shape index (κ1) is 33.6. The summed E-state index contributed by atoms with van der Waals surface area (Å²) in [6, 6.07) is 3.49. The number of carbonyl (C=O) groups is 3. The number of aryl methyl sites for hydroxylation is 1. The Morgan fingerprint density at radius 1 is 1.18 bits per heavy atom. The highest BCUT2D eigenvalue weighted by molar-refractivity contribution is 5.95. The number of hydrogen-bond donors (Lipinski definition) is 1. The Morgan fingerprint density at radius 3 is 2.50 bits per heavy atom. The summed E-state index contributed by atoms with van der Waals surface area (Å²) in [7, 11) is 1.63. The van der Waals surface area contributed by atoms with Crippen molar-refractivity contribution in [3.05, 3.63) is 29.8 Å². The average molecular weight is 618 g/mol. The van der Waals surface area contributed by atoms with Crippen LogP contribution in [0.1, 0.15) is 64.5 Å². The first-order chi connectivity index (χ1) is 20.8. The van der Waals surface area contributed by atoms with Crippen molar-refractivity contribution in [2.24, 2.45) is 17.3 Å². The topological polar surface area (TPSA) is 117 Å². The van der Waals surface area contributed by atoms with Crippen molar-refractivity contribution in [3.8, 4) is 0 Å². The van der Waals surface area contributed by atoms with Crippen molar-refractivity contribution in [2.75, 3.05) is 53.1 Å². The van der Waals surface area contributed by atoms with E-state index < -0.39 is 41.2 Å². The fraction of sp³-hybridized carbons (Fsp3) is 0.688. The Hall–Kier alpha value is -3.25. The number of carbonyl (C=O) groups excluding carboxylic acids is 2. The number of carboxylic acid groups (broad SMARTS) is 1. The zero-order valence-electron chi connectivity index (χ0n) is 26.9. The largest absolute Gasteiger partial charge is 0.465 e. The van der Waals surface area contributed by atoms with Crippen molar-refractivity contribution in [3.63, 3.8) is 0 Å². The molecule has 3 heterocycles. The molecule has 0 aliphatic carbocycles. The van der Waals surface area contributed by atoms with Gasteiger partial charge in [-0.1, -0.05) is 40.7 Å². The number of piperidine rings is 1. The van der Waals surface area contributed by atoms with Crippen molar-refractivity contribution in [2.45, 2.75) is 72.5 Å². The van der Waals surface area contributed by atoms with Crippen LogP contribution >= 0.6 is 0 Å². The summed E-state index contributed by atoms with van der Waals surface area (Å²) in [6.45, 7) is 13.0. The summed E-state index contributed by atoms with van der Waals surface area (Å²) in [6.07, 6.45) is 0.626. The van der Waals surface area contributed by atoms with Crippen molar-refractivity contribution < 1.29 is 33.4 Å². The number of methoxy groups -OCH3 is 1. The van der Waals surface area contributed by atoms with Gasteiger partial charge in [-0.2, -0.15) is 0 Å². The number of benzene rings is 1. The summed E-state index contributed by atoms with van der Waals surface area (Å²) >= 11 is 0. The van der Waals surface area contributed by atoms with E-state index in [1.165, 1.54) is 11.0 Å². The quantitative estimate of drug-likeness (QED) is 0.394. The minimum Gasteiger partial charge on any atom is -0.465 e. The molecule has 3 atom stereocenters. The van der Waals surface area contributed by atoms with E-state index in [0.717, 1.165) is 6.42 Å². The standard InChI is InChI=1S/C32H48FN5O6/c1-21(2)19-37(30(40)28-34-26-23(33)10-9-11-24(26)36(28)12-7-8-15-43-6)25-18-22(29(39)35-13-16-44-17-14-35)20-38(31(41)42)27(25)32(3,4)5/h9-11,21-22,25,27H,7-8,12-20H2,1-6H3,(H,41,42)/t22-,25+,27?/m1/s1. The number of hydrogen-bond acceptors (Lipinski definition) is 6. The van der Waals surface area contributed by atoms with E-state index in [-0.39, 0.29) is 29.7 Å². The molecule has 12 heteroatoms. The van der Waals surface area contributed by atoms with Crippen LogP contribution in [0.15, 0.2) is 18.2 Å². The number of amides is 3. The van der Waals surface area contributed by atoms with Crippen LogP contribution in [0, 0.1) is 23.1 Å². The van der Waals surface area contributed by atoms with Gasteiger partial charge in [0.05, 0.1) is 36.7 Å². The molecule has 4 rings (SSSR count). The van der Waals surface area contributed by atoms with E-state index >= 15 is 0 Å². The van der Waals surface area contributed by atoms with Gasteiger partial charge in [-0.3, -0.25) is 9.59 Å². The van der Waals surface area contributed by atoms with E-state index in [1.807, 2.05) is 34.6 Å². The molecule has 1 N–H and O–H groups in total. The molecule has 1 aromatic heterocycles. The highest BCUT2D eigenvalue weighted by Gasteiger charge is 2.50. The molecule has 2 aliphatic rings. The molecular weight excluding hydrogens is 569 g/mol. The van der Waals surface area contributed by atoms with E-state index in [0.29, 0.717) is 64.4 Å². The average Bonchev–Trinajstić information content (AvgIpc) is 3.36. The highest BCUT2D eigenvalue weighted by Crippen LogP contribution is 2.38. The molecule has 2 fully saturated rings. The lowest BCUT2D eigenvalue weighted by Gasteiger charge is -2.52. The summed E-state index contributed by atoms with van der Waals surface area (Å²) in [5, 5.41) is 10.4. The van der Waals surface area contributed by atoms with Crippen LogP contribution in [0.3, 0.4) is 0 Å². The zero-order valence-corrected chi connectivity index (χ0v) is 26.9.